The Kier molecular flexibility index (Phi) is 4.50. The average Bonchev–Trinajstić information content (AvgIpc) is 2.89. The summed E-state index contributed by atoms with van der Waals surface area (Å²) >= 11 is 7.24. The van der Waals surface area contributed by atoms with Crippen LogP contribution in [0.15, 0.2) is 23.8 Å². The summed E-state index contributed by atoms with van der Waals surface area (Å²) in [6, 6.07) is 0. The minimum absolute atomic E-state index is 0.0344. The number of ketones is 2. The van der Waals surface area contributed by atoms with Gasteiger partial charge >= 0.3 is 0 Å². The van der Waals surface area contributed by atoms with E-state index in [2.05, 4.69) is 0 Å². The molecule has 0 amide bonds. The van der Waals surface area contributed by atoms with Crippen LogP contribution in [0.5, 0.6) is 0 Å². The van der Waals surface area contributed by atoms with E-state index >= 15 is 4.39 Å². The van der Waals surface area contributed by atoms with E-state index in [4.69, 9.17) is 11.6 Å². The zero-order valence-corrected chi connectivity index (χ0v) is 17.2. The third-order valence-electron chi connectivity index (χ3n) is 8.47. The number of fused-ring (bicyclic) bond motifs is 5. The molecule has 6 heteroatoms. The van der Waals surface area contributed by atoms with Crippen LogP contribution >= 0.6 is 11.6 Å². The van der Waals surface area contributed by atoms with Gasteiger partial charge < -0.3 is 10.2 Å². The molecule has 3 fully saturated rings. The van der Waals surface area contributed by atoms with Crippen LogP contribution in [0.1, 0.15) is 40.0 Å². The highest BCUT2D eigenvalue weighted by molar-refractivity contribution is 6.26. The fraction of sp³-hybridized carbons (Fsp3) is 0.727. The summed E-state index contributed by atoms with van der Waals surface area (Å²) in [6.07, 6.45) is 3.31. The first-order valence-electron chi connectivity index (χ1n) is 10.1. The van der Waals surface area contributed by atoms with Crippen LogP contribution in [-0.2, 0) is 9.59 Å². The van der Waals surface area contributed by atoms with E-state index in [0.717, 1.165) is 0 Å². The number of Topliss-reactive ketones (excluding diaryl/α,β-unsaturated/α-hetero) is 1. The summed E-state index contributed by atoms with van der Waals surface area (Å²) in [5, 5.41) is 20.8. The van der Waals surface area contributed by atoms with Gasteiger partial charge in [-0.3, -0.25) is 9.59 Å². The number of aliphatic hydroxyl groups excluding tert-OH is 2. The summed E-state index contributed by atoms with van der Waals surface area (Å²) < 4.78 is 15.3. The molecule has 4 aliphatic rings. The third-order valence-corrected chi connectivity index (χ3v) is 9.40. The maximum absolute atomic E-state index is 15.3. The van der Waals surface area contributed by atoms with E-state index in [-0.39, 0.29) is 41.7 Å². The Morgan fingerprint density at radius 1 is 1.32 bits per heavy atom. The highest BCUT2D eigenvalue weighted by Crippen LogP contribution is 2.70. The van der Waals surface area contributed by atoms with Crippen molar-refractivity contribution in [2.45, 2.75) is 57.2 Å². The minimum Gasteiger partial charge on any atom is -0.391 e. The van der Waals surface area contributed by atoms with Crippen molar-refractivity contribution in [1.82, 2.24) is 0 Å². The molecular weight excluding hydrogens is 383 g/mol. The normalized spacial score (nSPS) is 52.5. The zero-order valence-electron chi connectivity index (χ0n) is 16.5. The Morgan fingerprint density at radius 3 is 2.64 bits per heavy atom. The summed E-state index contributed by atoms with van der Waals surface area (Å²) in [4.78, 5) is 23.3. The SMILES string of the molecule is C[C@@H]1CC2C3C[C@H](F)C4=CC(=O)C=CC4(C)[C@@]3(Cl)C(O)CC2(C)C1C(=O)CO. The van der Waals surface area contributed by atoms with Gasteiger partial charge in [-0.05, 0) is 60.2 Å². The molecule has 0 saturated heterocycles. The zero-order chi connectivity index (χ0) is 20.6. The summed E-state index contributed by atoms with van der Waals surface area (Å²) in [5.74, 6) is -1.18. The molecule has 4 aliphatic carbocycles. The summed E-state index contributed by atoms with van der Waals surface area (Å²) in [7, 11) is 0. The average molecular weight is 411 g/mol. The molecule has 0 spiro atoms. The third kappa shape index (κ3) is 2.30. The highest BCUT2D eigenvalue weighted by Gasteiger charge is 2.71. The Bertz CT molecular complexity index is 793. The molecule has 0 aliphatic heterocycles. The van der Waals surface area contributed by atoms with Gasteiger partial charge in [-0.1, -0.05) is 26.8 Å². The maximum atomic E-state index is 15.3. The lowest BCUT2D eigenvalue weighted by Crippen LogP contribution is -2.67. The van der Waals surface area contributed by atoms with E-state index in [1.807, 2.05) is 20.8 Å². The van der Waals surface area contributed by atoms with Gasteiger partial charge in [0.05, 0.1) is 11.0 Å². The second-order valence-electron chi connectivity index (χ2n) is 9.76. The van der Waals surface area contributed by atoms with Gasteiger partial charge in [0.2, 0.25) is 0 Å². The molecule has 4 rings (SSSR count). The van der Waals surface area contributed by atoms with Crippen LogP contribution in [0.4, 0.5) is 4.39 Å². The van der Waals surface area contributed by atoms with E-state index in [1.54, 1.807) is 6.08 Å². The standard InChI is InChI=1S/C22H28ClFO4/c1-11-6-13-14-8-16(24)15-7-12(26)4-5-21(15,3)22(14,23)18(28)9-20(13,2)19(11)17(27)10-25/h4-5,7,11,13-14,16,18-19,25,28H,6,8-10H2,1-3H3/t11-,13?,14?,16+,18?,19?,20?,21?,22+/m1/s1. The van der Waals surface area contributed by atoms with Crippen molar-refractivity contribution in [3.8, 4) is 0 Å². The lowest BCUT2D eigenvalue weighted by Gasteiger charge is -2.63. The predicted molar refractivity (Wildman–Crippen MR) is 104 cm³/mol. The second-order valence-corrected chi connectivity index (χ2v) is 10.4. The Morgan fingerprint density at radius 2 is 2.00 bits per heavy atom. The monoisotopic (exact) mass is 410 g/mol. The first-order chi connectivity index (χ1) is 13.0. The molecule has 6 unspecified atom stereocenters. The van der Waals surface area contributed by atoms with Crippen molar-refractivity contribution < 1.29 is 24.2 Å². The van der Waals surface area contributed by atoms with E-state index in [1.165, 1.54) is 12.2 Å². The van der Waals surface area contributed by atoms with Crippen molar-refractivity contribution in [1.29, 1.82) is 0 Å². The molecule has 28 heavy (non-hydrogen) atoms. The van der Waals surface area contributed by atoms with Gasteiger partial charge in [-0.25, -0.2) is 4.39 Å². The van der Waals surface area contributed by atoms with E-state index < -0.39 is 34.6 Å². The molecule has 0 aromatic carbocycles. The van der Waals surface area contributed by atoms with Gasteiger partial charge in [0.25, 0.3) is 0 Å². The van der Waals surface area contributed by atoms with Crippen LogP contribution in [0.25, 0.3) is 0 Å². The number of carbonyl (C=O) groups is 2. The van der Waals surface area contributed by atoms with Crippen LogP contribution < -0.4 is 0 Å². The van der Waals surface area contributed by atoms with Crippen molar-refractivity contribution in [3.05, 3.63) is 23.8 Å². The van der Waals surface area contributed by atoms with E-state index in [9.17, 15) is 19.8 Å². The number of carbonyl (C=O) groups excluding carboxylic acids is 2. The lowest BCUT2D eigenvalue weighted by molar-refractivity contribution is -0.140. The molecule has 0 bridgehead atoms. The molecule has 0 heterocycles. The van der Waals surface area contributed by atoms with Crippen LogP contribution in [0.3, 0.4) is 0 Å². The van der Waals surface area contributed by atoms with Gasteiger partial charge in [0.1, 0.15) is 12.8 Å². The van der Waals surface area contributed by atoms with Crippen molar-refractivity contribution in [2.24, 2.45) is 34.5 Å². The lowest BCUT2D eigenvalue weighted by atomic mass is 9.46. The van der Waals surface area contributed by atoms with Gasteiger partial charge in [-0.2, -0.15) is 0 Å². The topological polar surface area (TPSA) is 74.6 Å². The smallest absolute Gasteiger partial charge is 0.178 e. The van der Waals surface area contributed by atoms with Crippen LogP contribution in [0.2, 0.25) is 0 Å². The van der Waals surface area contributed by atoms with Gasteiger partial charge in [-0.15, -0.1) is 11.6 Å². The number of hydrogen-bond donors (Lipinski definition) is 2. The number of hydrogen-bond acceptors (Lipinski definition) is 4. The molecule has 4 nitrogen and oxygen atoms in total. The van der Waals surface area contributed by atoms with Crippen LogP contribution in [-0.4, -0.2) is 45.5 Å². The highest BCUT2D eigenvalue weighted by atomic mass is 35.5. The van der Waals surface area contributed by atoms with Gasteiger partial charge in [0, 0.05) is 11.3 Å². The van der Waals surface area contributed by atoms with Crippen molar-refractivity contribution in [3.63, 3.8) is 0 Å². The Balaban J connectivity index is 1.84. The summed E-state index contributed by atoms with van der Waals surface area (Å²) in [6.45, 7) is 5.27. The number of aliphatic hydroxyl groups is 2. The summed E-state index contributed by atoms with van der Waals surface area (Å²) in [5.41, 5.74) is -1.15. The predicted octanol–water partition coefficient (Wildman–Crippen LogP) is 3.00. The number of rotatable bonds is 2. The quantitative estimate of drug-likeness (QED) is 0.686. The Labute approximate surface area is 169 Å². The molecule has 2 N–H and O–H groups in total. The molecule has 3 saturated carbocycles. The molecule has 0 radical (unpaired) electrons. The largest absolute Gasteiger partial charge is 0.391 e. The fourth-order valence-electron chi connectivity index (χ4n) is 7.36. The molecule has 154 valence electrons. The Hall–Kier alpha value is -1.04. The van der Waals surface area contributed by atoms with Crippen LogP contribution in [0, 0.1) is 34.5 Å². The molecule has 9 atom stereocenters. The number of allylic oxidation sites excluding steroid dienone is 4. The first kappa shape index (κ1) is 20.2. The molecular formula is C22H28ClFO4. The van der Waals surface area contributed by atoms with Gasteiger partial charge in [0.15, 0.2) is 11.6 Å². The van der Waals surface area contributed by atoms with Crippen molar-refractivity contribution in [2.75, 3.05) is 6.61 Å². The second kappa shape index (κ2) is 6.23. The van der Waals surface area contributed by atoms with Crippen molar-refractivity contribution >= 4 is 23.2 Å². The first-order valence-corrected chi connectivity index (χ1v) is 10.5. The maximum Gasteiger partial charge on any atom is 0.178 e. The molecule has 0 aromatic heterocycles. The number of alkyl halides is 2. The number of halogens is 2. The minimum atomic E-state index is -1.31. The molecule has 0 aromatic rings. The van der Waals surface area contributed by atoms with E-state index in [0.29, 0.717) is 18.4 Å². The fourth-order valence-corrected chi connectivity index (χ4v) is 7.85.